The maximum absolute atomic E-state index is 6.33. The van der Waals surface area contributed by atoms with E-state index in [1.807, 2.05) is 18.2 Å². The van der Waals surface area contributed by atoms with Gasteiger partial charge in [0.05, 0.1) is 11.4 Å². The lowest BCUT2D eigenvalue weighted by Gasteiger charge is -2.18. The predicted molar refractivity (Wildman–Crippen MR) is 105 cm³/mol. The molecule has 0 saturated heterocycles. The fourth-order valence-corrected chi connectivity index (χ4v) is 3.50. The average molecular weight is 343 g/mol. The van der Waals surface area contributed by atoms with E-state index in [-0.39, 0.29) is 6.04 Å². The topological polar surface area (TPSA) is 69.6 Å². The first-order valence-electron chi connectivity index (χ1n) is 8.68. The number of nitrogens with zero attached hydrogens (tertiary/aromatic N) is 4. The third-order valence-corrected chi connectivity index (χ3v) is 5.01. The molecule has 5 nitrogen and oxygen atoms in total. The Morgan fingerprint density at radius 1 is 1.00 bits per heavy atom. The number of rotatable bonds is 3. The number of aryl methyl sites for hydroxylation is 1. The normalized spacial score (nSPS) is 12.4. The molecular formula is C21H21N5. The Balaban J connectivity index is 1.98. The molecule has 4 rings (SSSR count). The highest BCUT2D eigenvalue weighted by molar-refractivity contribution is 5.92. The number of hydrogen-bond acceptors (Lipinski definition) is 4. The lowest BCUT2D eigenvalue weighted by molar-refractivity contribution is 0.639. The van der Waals surface area contributed by atoms with Gasteiger partial charge in [-0.1, -0.05) is 30.3 Å². The summed E-state index contributed by atoms with van der Waals surface area (Å²) >= 11 is 0. The van der Waals surface area contributed by atoms with Gasteiger partial charge in [0, 0.05) is 23.7 Å². The molecule has 3 aromatic heterocycles. The van der Waals surface area contributed by atoms with Gasteiger partial charge >= 0.3 is 0 Å². The summed E-state index contributed by atoms with van der Waals surface area (Å²) < 4.78 is 2.25. The summed E-state index contributed by atoms with van der Waals surface area (Å²) in [5.41, 5.74) is 11.6. The van der Waals surface area contributed by atoms with Crippen LogP contribution in [0.15, 0.2) is 54.9 Å². The van der Waals surface area contributed by atoms with Crippen molar-refractivity contribution in [3.8, 4) is 11.4 Å². The van der Waals surface area contributed by atoms with Crippen LogP contribution in [0.3, 0.4) is 0 Å². The van der Waals surface area contributed by atoms with Crippen molar-refractivity contribution in [3.63, 3.8) is 0 Å². The molecule has 1 aromatic carbocycles. The van der Waals surface area contributed by atoms with Crippen LogP contribution in [0.1, 0.15) is 29.8 Å². The number of anilines is 1. The lowest BCUT2D eigenvalue weighted by Crippen LogP contribution is -2.10. The number of benzene rings is 1. The van der Waals surface area contributed by atoms with E-state index in [1.165, 1.54) is 5.56 Å². The third kappa shape index (κ3) is 2.52. The molecule has 0 bridgehead atoms. The first kappa shape index (κ1) is 16.3. The van der Waals surface area contributed by atoms with Crippen molar-refractivity contribution >= 4 is 16.9 Å². The van der Waals surface area contributed by atoms with E-state index in [1.54, 1.807) is 12.4 Å². The van der Waals surface area contributed by atoms with Crippen molar-refractivity contribution in [1.29, 1.82) is 0 Å². The molecule has 2 N–H and O–H groups in total. The minimum absolute atomic E-state index is 0.142. The molecular weight excluding hydrogens is 322 g/mol. The van der Waals surface area contributed by atoms with Gasteiger partial charge in [0.15, 0.2) is 5.82 Å². The van der Waals surface area contributed by atoms with Crippen LogP contribution in [0.5, 0.6) is 0 Å². The minimum atomic E-state index is 0.142. The van der Waals surface area contributed by atoms with Gasteiger partial charge < -0.3 is 10.3 Å². The van der Waals surface area contributed by atoms with Crippen molar-refractivity contribution in [2.24, 2.45) is 0 Å². The van der Waals surface area contributed by atoms with Crippen LogP contribution in [-0.2, 0) is 0 Å². The molecule has 0 aliphatic rings. The highest BCUT2D eigenvalue weighted by Gasteiger charge is 2.21. The molecule has 0 spiro atoms. The summed E-state index contributed by atoms with van der Waals surface area (Å²) in [5, 5.41) is 0.929. The minimum Gasteiger partial charge on any atom is -0.383 e. The Hall–Kier alpha value is -3.21. The van der Waals surface area contributed by atoms with Gasteiger partial charge in [0.1, 0.15) is 11.5 Å². The molecule has 4 aromatic rings. The Morgan fingerprint density at radius 3 is 2.46 bits per heavy atom. The van der Waals surface area contributed by atoms with Gasteiger partial charge in [-0.15, -0.1) is 0 Å². The van der Waals surface area contributed by atoms with Gasteiger partial charge in [-0.25, -0.2) is 9.97 Å². The summed E-state index contributed by atoms with van der Waals surface area (Å²) in [4.78, 5) is 13.6. The smallest absolute Gasteiger partial charge is 0.165 e. The van der Waals surface area contributed by atoms with Crippen LogP contribution >= 0.6 is 0 Å². The van der Waals surface area contributed by atoms with Crippen LogP contribution in [0, 0.1) is 13.8 Å². The Morgan fingerprint density at radius 2 is 1.77 bits per heavy atom. The zero-order chi connectivity index (χ0) is 18.3. The number of nitrogens with two attached hydrogens (primary N) is 1. The summed E-state index contributed by atoms with van der Waals surface area (Å²) in [6, 6.07) is 14.4. The Bertz CT molecular complexity index is 1070. The molecule has 5 heteroatoms. The Kier molecular flexibility index (Phi) is 3.92. The van der Waals surface area contributed by atoms with Gasteiger partial charge in [-0.2, -0.15) is 0 Å². The van der Waals surface area contributed by atoms with Crippen molar-refractivity contribution in [3.05, 3.63) is 71.7 Å². The molecule has 0 aliphatic carbocycles. The van der Waals surface area contributed by atoms with Gasteiger partial charge in [0.2, 0.25) is 0 Å². The van der Waals surface area contributed by atoms with E-state index in [9.17, 15) is 0 Å². The fourth-order valence-electron chi connectivity index (χ4n) is 3.50. The van der Waals surface area contributed by atoms with Gasteiger partial charge in [0.25, 0.3) is 0 Å². The second-order valence-electron chi connectivity index (χ2n) is 6.54. The standard InChI is InChI=1S/C21H21N5/c1-13-14(2)26(15(3)16-8-5-4-6-9-16)21-18(13)19(22)24-20(25-21)17-10-7-11-23-12-17/h4-12,15H,1-3H3,(H2,22,24,25)/t15-/m1/s1. The van der Waals surface area contributed by atoms with Crippen LogP contribution in [0.2, 0.25) is 0 Å². The van der Waals surface area contributed by atoms with Crippen molar-refractivity contribution in [2.75, 3.05) is 5.73 Å². The highest BCUT2D eigenvalue weighted by Crippen LogP contribution is 2.34. The SMILES string of the molecule is Cc1c(C)n([C@H](C)c2ccccc2)c2nc(-c3cccnc3)nc(N)c12. The zero-order valence-electron chi connectivity index (χ0n) is 15.1. The van der Waals surface area contributed by atoms with E-state index in [2.05, 4.69) is 59.6 Å². The zero-order valence-corrected chi connectivity index (χ0v) is 15.1. The Labute approximate surface area is 152 Å². The van der Waals surface area contributed by atoms with E-state index >= 15 is 0 Å². The van der Waals surface area contributed by atoms with Gasteiger partial charge in [-0.05, 0) is 44.0 Å². The fraction of sp³-hybridized carbons (Fsp3) is 0.190. The number of fused-ring (bicyclic) bond motifs is 1. The molecule has 0 unspecified atom stereocenters. The third-order valence-electron chi connectivity index (χ3n) is 5.01. The van der Waals surface area contributed by atoms with Crippen LogP contribution < -0.4 is 5.73 Å². The number of pyridine rings is 1. The maximum Gasteiger partial charge on any atom is 0.165 e. The summed E-state index contributed by atoms with van der Waals surface area (Å²) in [7, 11) is 0. The second kappa shape index (κ2) is 6.26. The average Bonchev–Trinajstić information content (AvgIpc) is 2.93. The highest BCUT2D eigenvalue weighted by atomic mass is 15.1. The molecule has 130 valence electrons. The van der Waals surface area contributed by atoms with Gasteiger partial charge in [-0.3, -0.25) is 4.98 Å². The number of aromatic nitrogens is 4. The molecule has 26 heavy (non-hydrogen) atoms. The first-order valence-corrected chi connectivity index (χ1v) is 8.68. The van der Waals surface area contributed by atoms with E-state index in [0.29, 0.717) is 11.6 Å². The molecule has 0 saturated carbocycles. The predicted octanol–water partition coefficient (Wildman–Crippen LogP) is 4.30. The summed E-state index contributed by atoms with van der Waals surface area (Å²) in [6.07, 6.45) is 3.49. The van der Waals surface area contributed by atoms with E-state index in [4.69, 9.17) is 10.7 Å². The summed E-state index contributed by atoms with van der Waals surface area (Å²) in [5.74, 6) is 1.11. The molecule has 0 aliphatic heterocycles. The largest absolute Gasteiger partial charge is 0.383 e. The van der Waals surface area contributed by atoms with Crippen molar-refractivity contribution in [2.45, 2.75) is 26.8 Å². The molecule has 0 fully saturated rings. The van der Waals surface area contributed by atoms with Crippen molar-refractivity contribution < 1.29 is 0 Å². The van der Waals surface area contributed by atoms with E-state index in [0.717, 1.165) is 27.9 Å². The van der Waals surface area contributed by atoms with Crippen molar-refractivity contribution in [1.82, 2.24) is 19.5 Å². The van der Waals surface area contributed by atoms with Crippen LogP contribution in [-0.4, -0.2) is 19.5 Å². The monoisotopic (exact) mass is 343 g/mol. The van der Waals surface area contributed by atoms with Crippen LogP contribution in [0.25, 0.3) is 22.4 Å². The molecule has 3 heterocycles. The summed E-state index contributed by atoms with van der Waals surface area (Å²) in [6.45, 7) is 6.37. The molecule has 0 amide bonds. The second-order valence-corrected chi connectivity index (χ2v) is 6.54. The number of hydrogen-bond donors (Lipinski definition) is 1. The lowest BCUT2D eigenvalue weighted by atomic mass is 10.1. The number of nitrogen functional groups attached to an aromatic ring is 1. The molecule has 1 atom stereocenters. The quantitative estimate of drug-likeness (QED) is 0.602. The first-order chi connectivity index (χ1) is 12.6. The van der Waals surface area contributed by atoms with Crippen LogP contribution in [0.4, 0.5) is 5.82 Å². The molecule has 0 radical (unpaired) electrons. The van der Waals surface area contributed by atoms with E-state index < -0.39 is 0 Å². The maximum atomic E-state index is 6.33.